The number of pyridine rings is 1. The molecule has 128 valence electrons. The maximum absolute atomic E-state index is 11.2. The molecule has 0 saturated carbocycles. The fourth-order valence-electron chi connectivity index (χ4n) is 4.71. The largest absolute Gasteiger partial charge is 0.497 e. The average molecular weight is 326 g/mol. The van der Waals surface area contributed by atoms with Crippen molar-refractivity contribution >= 4 is 10.9 Å². The van der Waals surface area contributed by atoms with E-state index in [-0.39, 0.29) is 6.04 Å². The molecule has 2 aromatic rings. The van der Waals surface area contributed by atoms with Crippen LogP contribution in [0.15, 0.2) is 30.5 Å². The second-order valence-electron chi connectivity index (χ2n) is 7.24. The zero-order valence-electron chi connectivity index (χ0n) is 14.5. The monoisotopic (exact) mass is 326 g/mol. The minimum Gasteiger partial charge on any atom is -0.497 e. The number of aliphatic hydroxyl groups excluding tert-OH is 1. The van der Waals surface area contributed by atoms with Crippen molar-refractivity contribution in [2.45, 2.75) is 38.3 Å². The molecule has 0 aliphatic carbocycles. The summed E-state index contributed by atoms with van der Waals surface area (Å²) in [5.41, 5.74) is 1.89. The van der Waals surface area contributed by atoms with Crippen molar-refractivity contribution < 1.29 is 9.84 Å². The Labute approximate surface area is 143 Å². The third-order valence-electron chi connectivity index (χ3n) is 6.13. The van der Waals surface area contributed by atoms with Crippen molar-refractivity contribution in [1.29, 1.82) is 0 Å². The first-order valence-corrected chi connectivity index (χ1v) is 9.06. The van der Waals surface area contributed by atoms with Crippen LogP contribution in [0.2, 0.25) is 0 Å². The van der Waals surface area contributed by atoms with Gasteiger partial charge in [0.2, 0.25) is 0 Å². The van der Waals surface area contributed by atoms with Gasteiger partial charge in [0.1, 0.15) is 5.75 Å². The summed E-state index contributed by atoms with van der Waals surface area (Å²) in [5.74, 6) is 2.37. The summed E-state index contributed by atoms with van der Waals surface area (Å²) >= 11 is 0. The van der Waals surface area contributed by atoms with Gasteiger partial charge in [-0.25, -0.2) is 0 Å². The van der Waals surface area contributed by atoms with E-state index in [1.54, 1.807) is 13.3 Å². The lowest BCUT2D eigenvalue weighted by molar-refractivity contribution is -0.0562. The van der Waals surface area contributed by atoms with Crippen LogP contribution in [-0.2, 0) is 0 Å². The van der Waals surface area contributed by atoms with Crippen LogP contribution < -0.4 is 4.74 Å². The van der Waals surface area contributed by atoms with Gasteiger partial charge >= 0.3 is 0 Å². The first-order valence-electron chi connectivity index (χ1n) is 9.06. The SMILES string of the molecule is CCC1CN2CCC1C[C@H]2C(O)c1ccnc2ccc(OC)cc12. The van der Waals surface area contributed by atoms with Gasteiger partial charge in [-0.2, -0.15) is 0 Å². The molecule has 0 radical (unpaired) electrons. The lowest BCUT2D eigenvalue weighted by atomic mass is 9.72. The van der Waals surface area contributed by atoms with Crippen LogP contribution in [0.1, 0.15) is 37.9 Å². The summed E-state index contributed by atoms with van der Waals surface area (Å²) in [6.45, 7) is 4.55. The van der Waals surface area contributed by atoms with E-state index in [0.717, 1.165) is 53.6 Å². The summed E-state index contributed by atoms with van der Waals surface area (Å²) in [6.07, 6.45) is 4.97. The van der Waals surface area contributed by atoms with Gasteiger partial charge in [-0.05, 0) is 61.1 Å². The molecular formula is C20H26N2O2. The molecule has 1 N–H and O–H groups in total. The molecule has 4 unspecified atom stereocenters. The van der Waals surface area contributed by atoms with E-state index >= 15 is 0 Å². The molecule has 5 atom stereocenters. The summed E-state index contributed by atoms with van der Waals surface area (Å²) < 4.78 is 5.36. The molecule has 1 aromatic heterocycles. The summed E-state index contributed by atoms with van der Waals surface area (Å²) in [6, 6.07) is 8.07. The maximum atomic E-state index is 11.2. The molecule has 5 rings (SSSR count). The number of methoxy groups -OCH3 is 1. The number of hydrogen-bond donors (Lipinski definition) is 1. The average Bonchev–Trinajstić information content (AvgIpc) is 2.66. The van der Waals surface area contributed by atoms with Gasteiger partial charge in [0.25, 0.3) is 0 Å². The van der Waals surface area contributed by atoms with Gasteiger partial charge in [0, 0.05) is 24.2 Å². The van der Waals surface area contributed by atoms with E-state index in [9.17, 15) is 5.11 Å². The second-order valence-corrected chi connectivity index (χ2v) is 7.24. The second kappa shape index (κ2) is 6.34. The zero-order chi connectivity index (χ0) is 16.7. The molecule has 24 heavy (non-hydrogen) atoms. The van der Waals surface area contributed by atoms with Crippen LogP contribution in [-0.4, -0.2) is 41.2 Å². The van der Waals surface area contributed by atoms with Crippen molar-refractivity contribution in [3.05, 3.63) is 36.0 Å². The van der Waals surface area contributed by atoms with E-state index < -0.39 is 6.10 Å². The van der Waals surface area contributed by atoms with Crippen LogP contribution in [0.25, 0.3) is 10.9 Å². The number of aromatic nitrogens is 1. The maximum Gasteiger partial charge on any atom is 0.119 e. The molecule has 3 saturated heterocycles. The predicted octanol–water partition coefficient (Wildman–Crippen LogP) is 3.40. The minimum absolute atomic E-state index is 0.225. The van der Waals surface area contributed by atoms with Crippen LogP contribution in [0, 0.1) is 11.8 Å². The summed E-state index contributed by atoms with van der Waals surface area (Å²) in [7, 11) is 1.67. The highest BCUT2D eigenvalue weighted by molar-refractivity contribution is 5.83. The van der Waals surface area contributed by atoms with Crippen molar-refractivity contribution in [2.75, 3.05) is 20.2 Å². The molecule has 0 amide bonds. The molecule has 4 heterocycles. The third-order valence-corrected chi connectivity index (χ3v) is 6.13. The van der Waals surface area contributed by atoms with Crippen LogP contribution in [0.5, 0.6) is 5.75 Å². The van der Waals surface area contributed by atoms with Crippen molar-refractivity contribution in [3.8, 4) is 5.75 Å². The molecule has 0 spiro atoms. The van der Waals surface area contributed by atoms with Crippen LogP contribution >= 0.6 is 0 Å². The Kier molecular flexibility index (Phi) is 4.19. The molecule has 3 aliphatic rings. The Morgan fingerprint density at radius 2 is 2.25 bits per heavy atom. The zero-order valence-corrected chi connectivity index (χ0v) is 14.5. The number of piperidine rings is 3. The number of ether oxygens (including phenoxy) is 1. The van der Waals surface area contributed by atoms with E-state index in [0.29, 0.717) is 0 Å². The van der Waals surface area contributed by atoms with E-state index in [1.165, 1.54) is 12.8 Å². The number of fused-ring (bicyclic) bond motifs is 4. The highest BCUT2D eigenvalue weighted by Crippen LogP contribution is 2.42. The van der Waals surface area contributed by atoms with Crippen LogP contribution in [0.4, 0.5) is 0 Å². The standard InChI is InChI=1S/C20H26N2O2/c1-3-13-12-22-9-7-14(13)10-19(22)20(23)16-6-8-21-18-5-4-15(24-2)11-17(16)18/h4-6,8,11,13-14,19-20,23H,3,7,9-10,12H2,1-2H3/t13?,14?,19-,20?/m0/s1. The molecule has 2 bridgehead atoms. The molecule has 4 nitrogen and oxygen atoms in total. The number of aliphatic hydroxyl groups is 1. The topological polar surface area (TPSA) is 45.6 Å². The van der Waals surface area contributed by atoms with Gasteiger partial charge < -0.3 is 9.84 Å². The predicted molar refractivity (Wildman–Crippen MR) is 95.1 cm³/mol. The molecule has 4 heteroatoms. The van der Waals surface area contributed by atoms with Crippen LogP contribution in [0.3, 0.4) is 0 Å². The van der Waals surface area contributed by atoms with Crippen molar-refractivity contribution in [3.63, 3.8) is 0 Å². The van der Waals surface area contributed by atoms with Gasteiger partial charge in [-0.15, -0.1) is 0 Å². The molecule has 3 fully saturated rings. The van der Waals surface area contributed by atoms with Gasteiger partial charge in [-0.1, -0.05) is 13.3 Å². The molecule has 3 aliphatic heterocycles. The fourth-order valence-corrected chi connectivity index (χ4v) is 4.71. The minimum atomic E-state index is -0.469. The quantitative estimate of drug-likeness (QED) is 0.935. The third kappa shape index (κ3) is 2.58. The Bertz CT molecular complexity index is 733. The van der Waals surface area contributed by atoms with Gasteiger partial charge in [0.05, 0.1) is 18.7 Å². The van der Waals surface area contributed by atoms with E-state index in [2.05, 4.69) is 16.8 Å². The molecule has 1 aromatic carbocycles. The number of benzene rings is 1. The van der Waals surface area contributed by atoms with Crippen molar-refractivity contribution in [2.24, 2.45) is 11.8 Å². The van der Waals surface area contributed by atoms with Gasteiger partial charge in [0.15, 0.2) is 0 Å². The highest BCUT2D eigenvalue weighted by atomic mass is 16.5. The van der Waals surface area contributed by atoms with E-state index in [4.69, 9.17) is 4.74 Å². The lowest BCUT2D eigenvalue weighted by Crippen LogP contribution is -2.55. The Hall–Kier alpha value is -1.65. The number of hydrogen-bond acceptors (Lipinski definition) is 4. The lowest BCUT2D eigenvalue weighted by Gasteiger charge is -2.51. The van der Waals surface area contributed by atoms with E-state index in [1.807, 2.05) is 24.3 Å². The summed E-state index contributed by atoms with van der Waals surface area (Å²) in [5, 5.41) is 12.2. The highest BCUT2D eigenvalue weighted by Gasteiger charge is 2.42. The van der Waals surface area contributed by atoms with Gasteiger partial charge in [-0.3, -0.25) is 9.88 Å². The Morgan fingerprint density at radius 3 is 2.96 bits per heavy atom. The summed E-state index contributed by atoms with van der Waals surface area (Å²) in [4.78, 5) is 6.94. The number of rotatable bonds is 4. The molecular weight excluding hydrogens is 300 g/mol. The Balaban J connectivity index is 1.68. The first-order chi connectivity index (χ1) is 11.7. The smallest absolute Gasteiger partial charge is 0.119 e. The normalized spacial score (nSPS) is 30.5. The number of nitrogens with zero attached hydrogens (tertiary/aromatic N) is 2. The first kappa shape index (κ1) is 15.9. The Morgan fingerprint density at radius 1 is 1.38 bits per heavy atom. The fraction of sp³-hybridized carbons (Fsp3) is 0.550. The van der Waals surface area contributed by atoms with Crippen molar-refractivity contribution in [1.82, 2.24) is 9.88 Å².